The maximum absolute atomic E-state index is 12.4. The van der Waals surface area contributed by atoms with E-state index < -0.39 is 5.97 Å². The molecule has 2 saturated heterocycles. The number of aliphatic carboxylic acids is 1. The predicted molar refractivity (Wildman–Crippen MR) is 88.0 cm³/mol. The van der Waals surface area contributed by atoms with Crippen LogP contribution in [0.4, 0.5) is 11.4 Å². The molecule has 2 aliphatic heterocycles. The topological polar surface area (TPSA) is 65.8 Å². The first-order chi connectivity index (χ1) is 11.0. The van der Waals surface area contributed by atoms with Gasteiger partial charge in [-0.3, -0.25) is 9.59 Å². The van der Waals surface area contributed by atoms with E-state index in [9.17, 15) is 9.59 Å². The fraction of sp³-hybridized carbons (Fsp3) is 0.647. The standard InChI is InChI=1S/C17H23N3O3/c1-10-3-4-20(10)15-5-11(7-18(2)17(15)23)19-8-13-12(6-16(21)22)14(13)9-19/h5,7,10,12-14H,3-4,6,8-9H2,1-2H3,(H,21,22). The van der Waals surface area contributed by atoms with Crippen LogP contribution in [-0.4, -0.2) is 41.3 Å². The summed E-state index contributed by atoms with van der Waals surface area (Å²) in [6, 6.07) is 2.46. The summed E-state index contributed by atoms with van der Waals surface area (Å²) in [6.45, 7) is 4.93. The number of fused-ring (bicyclic) bond motifs is 1. The second-order valence-electron chi connectivity index (χ2n) is 7.33. The van der Waals surface area contributed by atoms with Gasteiger partial charge in [0.25, 0.3) is 5.56 Å². The zero-order valence-corrected chi connectivity index (χ0v) is 13.6. The molecule has 23 heavy (non-hydrogen) atoms. The first kappa shape index (κ1) is 14.6. The Morgan fingerprint density at radius 2 is 2.04 bits per heavy atom. The molecule has 6 heteroatoms. The van der Waals surface area contributed by atoms with Crippen LogP contribution in [0.15, 0.2) is 17.1 Å². The van der Waals surface area contributed by atoms with E-state index in [1.54, 1.807) is 4.57 Å². The molecule has 0 bridgehead atoms. The van der Waals surface area contributed by atoms with Gasteiger partial charge < -0.3 is 19.5 Å². The van der Waals surface area contributed by atoms with E-state index in [4.69, 9.17) is 5.11 Å². The van der Waals surface area contributed by atoms with E-state index in [0.29, 0.717) is 30.2 Å². The van der Waals surface area contributed by atoms with Gasteiger partial charge in [0, 0.05) is 45.3 Å². The molecule has 0 aromatic carbocycles. The lowest BCUT2D eigenvalue weighted by Gasteiger charge is -2.40. The quantitative estimate of drug-likeness (QED) is 0.902. The molecule has 0 spiro atoms. The minimum Gasteiger partial charge on any atom is -0.481 e. The first-order valence-electron chi connectivity index (χ1n) is 8.39. The predicted octanol–water partition coefficient (Wildman–Crippen LogP) is 1.14. The Balaban J connectivity index is 1.53. The monoisotopic (exact) mass is 317 g/mol. The number of aryl methyl sites for hydroxylation is 1. The molecule has 6 nitrogen and oxygen atoms in total. The van der Waals surface area contributed by atoms with Crippen LogP contribution in [0.25, 0.3) is 0 Å². The number of pyridine rings is 1. The van der Waals surface area contributed by atoms with Gasteiger partial charge in [-0.05, 0) is 37.2 Å². The summed E-state index contributed by atoms with van der Waals surface area (Å²) in [5.41, 5.74) is 1.95. The molecule has 1 N–H and O–H groups in total. The number of carboxylic acids is 1. The fourth-order valence-corrected chi connectivity index (χ4v) is 4.29. The van der Waals surface area contributed by atoms with Crippen molar-refractivity contribution in [3.8, 4) is 0 Å². The maximum atomic E-state index is 12.4. The van der Waals surface area contributed by atoms with E-state index in [2.05, 4.69) is 16.7 Å². The van der Waals surface area contributed by atoms with Crippen molar-refractivity contribution in [2.45, 2.75) is 25.8 Å². The normalized spacial score (nSPS) is 31.7. The molecule has 3 heterocycles. The van der Waals surface area contributed by atoms with Crippen LogP contribution in [0.5, 0.6) is 0 Å². The van der Waals surface area contributed by atoms with Gasteiger partial charge >= 0.3 is 5.97 Å². The van der Waals surface area contributed by atoms with Crippen molar-refractivity contribution in [2.75, 3.05) is 29.4 Å². The highest BCUT2D eigenvalue weighted by atomic mass is 16.4. The largest absolute Gasteiger partial charge is 0.481 e. The molecule has 3 aliphatic rings. The number of aromatic nitrogens is 1. The van der Waals surface area contributed by atoms with Crippen molar-refractivity contribution < 1.29 is 9.90 Å². The average Bonchev–Trinajstić information content (AvgIpc) is 2.93. The molecule has 3 fully saturated rings. The molecule has 3 atom stereocenters. The SMILES string of the molecule is CC1CCN1c1cc(N2CC3C(CC(=O)O)C3C2)cn(C)c1=O. The summed E-state index contributed by atoms with van der Waals surface area (Å²) in [6.07, 6.45) is 3.35. The number of piperidine rings is 1. The van der Waals surface area contributed by atoms with Crippen molar-refractivity contribution >= 4 is 17.3 Å². The number of nitrogens with zero attached hydrogens (tertiary/aromatic N) is 3. The van der Waals surface area contributed by atoms with E-state index in [0.717, 1.165) is 37.4 Å². The van der Waals surface area contributed by atoms with Gasteiger partial charge in [-0.1, -0.05) is 0 Å². The molecule has 1 aromatic rings. The number of hydrogen-bond donors (Lipinski definition) is 1. The van der Waals surface area contributed by atoms with E-state index in [1.165, 1.54) is 0 Å². The molecule has 124 valence electrons. The van der Waals surface area contributed by atoms with Crippen molar-refractivity contribution in [1.82, 2.24) is 4.57 Å². The molecule has 3 unspecified atom stereocenters. The lowest BCUT2D eigenvalue weighted by molar-refractivity contribution is -0.137. The van der Waals surface area contributed by atoms with Crippen LogP contribution in [-0.2, 0) is 11.8 Å². The summed E-state index contributed by atoms with van der Waals surface area (Å²) in [7, 11) is 1.81. The average molecular weight is 317 g/mol. The van der Waals surface area contributed by atoms with E-state index >= 15 is 0 Å². The summed E-state index contributed by atoms with van der Waals surface area (Å²) in [5, 5.41) is 8.93. The van der Waals surface area contributed by atoms with Gasteiger partial charge in [0.2, 0.25) is 0 Å². The van der Waals surface area contributed by atoms with Crippen molar-refractivity contribution in [3.63, 3.8) is 0 Å². The highest BCUT2D eigenvalue weighted by Crippen LogP contribution is 2.54. The van der Waals surface area contributed by atoms with Crippen LogP contribution >= 0.6 is 0 Å². The lowest BCUT2D eigenvalue weighted by Crippen LogP contribution is -2.48. The molecule has 1 aromatic heterocycles. The molecular weight excluding hydrogens is 294 g/mol. The van der Waals surface area contributed by atoms with Crippen molar-refractivity contribution in [2.24, 2.45) is 24.8 Å². The highest BCUT2D eigenvalue weighted by molar-refractivity contribution is 5.68. The molecule has 1 saturated carbocycles. The zero-order valence-electron chi connectivity index (χ0n) is 13.6. The Bertz CT molecular complexity index is 702. The Morgan fingerprint density at radius 1 is 1.35 bits per heavy atom. The summed E-state index contributed by atoms with van der Waals surface area (Å²) in [5.74, 6) is 0.683. The number of rotatable bonds is 4. The van der Waals surface area contributed by atoms with Crippen LogP contribution in [0.2, 0.25) is 0 Å². The van der Waals surface area contributed by atoms with Gasteiger partial charge in [-0.25, -0.2) is 0 Å². The van der Waals surface area contributed by atoms with E-state index in [1.807, 2.05) is 19.3 Å². The molecular formula is C17H23N3O3. The minimum absolute atomic E-state index is 0.0633. The zero-order chi connectivity index (χ0) is 16.3. The van der Waals surface area contributed by atoms with Crippen molar-refractivity contribution in [3.05, 3.63) is 22.6 Å². The van der Waals surface area contributed by atoms with Crippen LogP contribution in [0.1, 0.15) is 19.8 Å². The third kappa shape index (κ3) is 2.31. The molecule has 0 radical (unpaired) electrons. The fourth-order valence-electron chi connectivity index (χ4n) is 4.29. The second-order valence-corrected chi connectivity index (χ2v) is 7.33. The second kappa shape index (κ2) is 5.01. The third-order valence-electron chi connectivity index (χ3n) is 5.93. The Labute approximate surface area is 135 Å². The minimum atomic E-state index is -0.688. The lowest BCUT2D eigenvalue weighted by atomic mass is 10.0. The van der Waals surface area contributed by atoms with Gasteiger partial charge in [0.05, 0.1) is 5.69 Å². The van der Waals surface area contributed by atoms with E-state index in [-0.39, 0.29) is 5.56 Å². The van der Waals surface area contributed by atoms with Gasteiger partial charge in [0.1, 0.15) is 5.69 Å². The van der Waals surface area contributed by atoms with Crippen LogP contribution in [0, 0.1) is 17.8 Å². The Kier molecular flexibility index (Phi) is 3.18. The number of hydrogen-bond acceptors (Lipinski definition) is 4. The van der Waals surface area contributed by atoms with Crippen LogP contribution in [0.3, 0.4) is 0 Å². The summed E-state index contributed by atoms with van der Waals surface area (Å²) < 4.78 is 1.67. The van der Waals surface area contributed by atoms with Gasteiger partial charge in [-0.15, -0.1) is 0 Å². The third-order valence-corrected chi connectivity index (χ3v) is 5.93. The van der Waals surface area contributed by atoms with Crippen molar-refractivity contribution in [1.29, 1.82) is 0 Å². The number of carboxylic acid groups (broad SMARTS) is 1. The molecule has 0 amide bonds. The number of carbonyl (C=O) groups is 1. The maximum Gasteiger partial charge on any atom is 0.303 e. The number of anilines is 2. The smallest absolute Gasteiger partial charge is 0.303 e. The summed E-state index contributed by atoms with van der Waals surface area (Å²) in [4.78, 5) is 27.7. The van der Waals surface area contributed by atoms with Gasteiger partial charge in [-0.2, -0.15) is 0 Å². The van der Waals surface area contributed by atoms with Crippen LogP contribution < -0.4 is 15.4 Å². The highest BCUT2D eigenvalue weighted by Gasteiger charge is 2.56. The first-order valence-corrected chi connectivity index (χ1v) is 8.39. The summed E-state index contributed by atoms with van der Waals surface area (Å²) >= 11 is 0. The Hall–Kier alpha value is -1.98. The Morgan fingerprint density at radius 3 is 2.57 bits per heavy atom. The molecule has 4 rings (SSSR count). The van der Waals surface area contributed by atoms with Gasteiger partial charge in [0.15, 0.2) is 0 Å². The molecule has 1 aliphatic carbocycles.